The first-order chi connectivity index (χ1) is 8.80. The number of rotatable bonds is 2. The highest BCUT2D eigenvalue weighted by Crippen LogP contribution is 2.31. The number of carbonyl (C=O) groups is 1. The molecule has 0 fully saturated rings. The summed E-state index contributed by atoms with van der Waals surface area (Å²) in [6.07, 6.45) is -4.44. The summed E-state index contributed by atoms with van der Waals surface area (Å²) in [5.41, 5.74) is -1.52. The van der Waals surface area contributed by atoms with Crippen molar-refractivity contribution in [1.29, 1.82) is 0 Å². The van der Waals surface area contributed by atoms with Crippen LogP contribution in [0.5, 0.6) is 0 Å². The zero-order valence-electron chi connectivity index (χ0n) is 9.67. The van der Waals surface area contributed by atoms with Gasteiger partial charge in [-0.3, -0.25) is 9.59 Å². The lowest BCUT2D eigenvalue weighted by molar-refractivity contribution is -0.137. The molecule has 0 bridgehead atoms. The van der Waals surface area contributed by atoms with Crippen molar-refractivity contribution >= 4 is 5.78 Å². The summed E-state index contributed by atoms with van der Waals surface area (Å²) in [5, 5.41) is 1.99. The Bertz CT molecular complexity index is 665. The molecule has 1 heterocycles. The number of Topliss-reactive ketones (excluding diaryl/α,β-unsaturated/α-hetero) is 1. The molecule has 0 saturated carbocycles. The minimum atomic E-state index is -4.44. The fourth-order valence-electron chi connectivity index (χ4n) is 1.64. The van der Waals surface area contributed by atoms with Gasteiger partial charge in [0.1, 0.15) is 5.56 Å². The number of aromatic amines is 1. The average molecular weight is 271 g/mol. The fourth-order valence-corrected chi connectivity index (χ4v) is 1.64. The number of nitrogens with one attached hydrogen (secondary N) is 1. The molecular weight excluding hydrogens is 263 g/mol. The summed E-state index contributed by atoms with van der Waals surface area (Å²) in [6, 6.07) is 3.99. The summed E-state index contributed by atoms with van der Waals surface area (Å²) >= 11 is 0. The van der Waals surface area contributed by atoms with Crippen LogP contribution in [0.25, 0.3) is 11.3 Å². The smallest absolute Gasteiger partial charge is 0.378 e. The average Bonchev–Trinajstić information content (AvgIpc) is 2.70. The van der Waals surface area contributed by atoms with Gasteiger partial charge in [-0.2, -0.15) is 18.3 Å². The van der Waals surface area contributed by atoms with Crippen LogP contribution in [0.4, 0.5) is 13.2 Å². The number of hydrogen-bond acceptors (Lipinski definition) is 3. The minimum Gasteiger partial charge on any atom is -0.378 e. The quantitative estimate of drug-likeness (QED) is 0.854. The van der Waals surface area contributed by atoms with Gasteiger partial charge in [0.25, 0.3) is 5.56 Å². The lowest BCUT2D eigenvalue weighted by Gasteiger charge is -2.06. The van der Waals surface area contributed by atoms with Gasteiger partial charge in [0.2, 0.25) is 0 Å². The maximum absolute atomic E-state index is 12.4. The van der Waals surface area contributed by atoms with Crippen LogP contribution in [0, 0.1) is 0 Å². The molecular formula is C12H8F3NO3. The molecule has 100 valence electrons. The van der Waals surface area contributed by atoms with E-state index in [2.05, 4.69) is 0 Å². The van der Waals surface area contributed by atoms with E-state index in [9.17, 15) is 22.8 Å². The molecule has 2 aromatic rings. The van der Waals surface area contributed by atoms with E-state index >= 15 is 0 Å². The van der Waals surface area contributed by atoms with E-state index in [1.54, 1.807) is 0 Å². The van der Waals surface area contributed by atoms with Crippen LogP contribution in [-0.4, -0.2) is 10.9 Å². The Morgan fingerprint density at radius 1 is 1.21 bits per heavy atom. The van der Waals surface area contributed by atoms with Gasteiger partial charge in [0.15, 0.2) is 11.5 Å². The van der Waals surface area contributed by atoms with Crippen molar-refractivity contribution in [2.24, 2.45) is 0 Å². The lowest BCUT2D eigenvalue weighted by Crippen LogP contribution is -2.10. The summed E-state index contributed by atoms with van der Waals surface area (Å²) in [4.78, 5) is 22.6. The lowest BCUT2D eigenvalue weighted by atomic mass is 10.0. The minimum absolute atomic E-state index is 0.0637. The third-order valence-electron chi connectivity index (χ3n) is 2.53. The van der Waals surface area contributed by atoms with E-state index in [1.807, 2.05) is 5.16 Å². The number of halogens is 3. The highest BCUT2D eigenvalue weighted by Gasteiger charge is 2.30. The standard InChI is InChI=1S/C12H8F3NO3/c1-6(17)9-10(19-16-11(9)18)7-2-4-8(5-3-7)12(13,14)15/h2-5H,1H3,(H,16,18). The Labute approximate surface area is 104 Å². The second-order valence-corrected chi connectivity index (χ2v) is 3.87. The van der Waals surface area contributed by atoms with Crippen LogP contribution in [-0.2, 0) is 6.18 Å². The molecule has 19 heavy (non-hydrogen) atoms. The highest BCUT2D eigenvalue weighted by molar-refractivity contribution is 5.99. The van der Waals surface area contributed by atoms with Crippen molar-refractivity contribution in [2.75, 3.05) is 0 Å². The van der Waals surface area contributed by atoms with E-state index in [-0.39, 0.29) is 16.9 Å². The predicted octanol–water partition coefficient (Wildman–Crippen LogP) is 2.86. The molecule has 0 atom stereocenters. The number of ketones is 1. The molecule has 2 rings (SSSR count). The van der Waals surface area contributed by atoms with Crippen LogP contribution in [0.1, 0.15) is 22.8 Å². The van der Waals surface area contributed by atoms with Crippen LogP contribution in [0.2, 0.25) is 0 Å². The molecule has 0 spiro atoms. The largest absolute Gasteiger partial charge is 0.416 e. The number of H-pyrrole nitrogens is 1. The van der Waals surface area contributed by atoms with Crippen molar-refractivity contribution in [3.63, 3.8) is 0 Å². The van der Waals surface area contributed by atoms with E-state index in [1.165, 1.54) is 6.92 Å². The molecule has 0 amide bonds. The number of alkyl halides is 3. The Balaban J connectivity index is 2.50. The fraction of sp³-hybridized carbons (Fsp3) is 0.167. The molecule has 1 aromatic carbocycles. The normalized spacial score (nSPS) is 11.6. The molecule has 0 radical (unpaired) electrons. The van der Waals surface area contributed by atoms with Crippen molar-refractivity contribution in [3.05, 3.63) is 45.7 Å². The van der Waals surface area contributed by atoms with Crippen LogP contribution in [0.15, 0.2) is 33.6 Å². The molecule has 1 aromatic heterocycles. The predicted molar refractivity (Wildman–Crippen MR) is 59.8 cm³/mol. The third kappa shape index (κ3) is 2.44. The summed E-state index contributed by atoms with van der Waals surface area (Å²) in [7, 11) is 0. The van der Waals surface area contributed by atoms with Crippen LogP contribution >= 0.6 is 0 Å². The van der Waals surface area contributed by atoms with E-state index < -0.39 is 23.1 Å². The second-order valence-electron chi connectivity index (χ2n) is 3.87. The van der Waals surface area contributed by atoms with E-state index in [4.69, 9.17) is 4.52 Å². The van der Waals surface area contributed by atoms with Crippen molar-refractivity contribution < 1.29 is 22.5 Å². The monoisotopic (exact) mass is 271 g/mol. The Hall–Kier alpha value is -2.31. The van der Waals surface area contributed by atoms with Gasteiger partial charge in [-0.25, -0.2) is 0 Å². The van der Waals surface area contributed by atoms with Gasteiger partial charge < -0.3 is 4.52 Å². The number of benzene rings is 1. The Kier molecular flexibility index (Phi) is 3.05. The first-order valence-corrected chi connectivity index (χ1v) is 5.20. The molecule has 0 aliphatic heterocycles. The molecule has 4 nitrogen and oxygen atoms in total. The van der Waals surface area contributed by atoms with Crippen molar-refractivity contribution in [1.82, 2.24) is 5.16 Å². The van der Waals surface area contributed by atoms with Gasteiger partial charge in [0.05, 0.1) is 5.56 Å². The van der Waals surface area contributed by atoms with Crippen LogP contribution < -0.4 is 5.56 Å². The number of aromatic nitrogens is 1. The van der Waals surface area contributed by atoms with Gasteiger partial charge in [-0.1, -0.05) is 12.1 Å². The molecule has 7 heteroatoms. The van der Waals surface area contributed by atoms with E-state index in [0.29, 0.717) is 0 Å². The van der Waals surface area contributed by atoms with Crippen LogP contribution in [0.3, 0.4) is 0 Å². The van der Waals surface area contributed by atoms with Gasteiger partial charge >= 0.3 is 6.18 Å². The topological polar surface area (TPSA) is 63.1 Å². The van der Waals surface area contributed by atoms with Gasteiger partial charge in [-0.05, 0) is 19.1 Å². The van der Waals surface area contributed by atoms with Gasteiger partial charge in [0, 0.05) is 5.56 Å². The Morgan fingerprint density at radius 2 is 1.79 bits per heavy atom. The van der Waals surface area contributed by atoms with Gasteiger partial charge in [-0.15, -0.1) is 0 Å². The number of carbonyl (C=O) groups excluding carboxylic acids is 1. The maximum Gasteiger partial charge on any atom is 0.416 e. The Morgan fingerprint density at radius 3 is 2.26 bits per heavy atom. The molecule has 0 unspecified atom stereocenters. The summed E-state index contributed by atoms with van der Waals surface area (Å²) in [5.74, 6) is -0.587. The first kappa shape index (κ1) is 13.1. The molecule has 0 saturated heterocycles. The first-order valence-electron chi connectivity index (χ1n) is 5.20. The molecule has 0 aliphatic rings. The number of hydrogen-bond donors (Lipinski definition) is 1. The van der Waals surface area contributed by atoms with Crippen molar-refractivity contribution in [2.45, 2.75) is 13.1 Å². The summed E-state index contributed by atoms with van der Waals surface area (Å²) < 4.78 is 42.0. The second kappa shape index (κ2) is 4.42. The zero-order valence-corrected chi connectivity index (χ0v) is 9.67. The van der Waals surface area contributed by atoms with E-state index in [0.717, 1.165) is 24.3 Å². The highest BCUT2D eigenvalue weighted by atomic mass is 19.4. The SMILES string of the molecule is CC(=O)c1c(-c2ccc(C(F)(F)F)cc2)o[nH]c1=O. The maximum atomic E-state index is 12.4. The third-order valence-corrected chi connectivity index (χ3v) is 2.53. The molecule has 0 aliphatic carbocycles. The van der Waals surface area contributed by atoms with Crippen molar-refractivity contribution in [3.8, 4) is 11.3 Å². The summed E-state index contributed by atoms with van der Waals surface area (Å²) in [6.45, 7) is 1.17. The zero-order chi connectivity index (χ0) is 14.2. The molecule has 1 N–H and O–H groups in total.